The van der Waals surface area contributed by atoms with Crippen LogP contribution in [0.15, 0.2) is 122 Å². The number of carbonyl (C=O) groups excluding carboxylic acids is 3. The van der Waals surface area contributed by atoms with Gasteiger partial charge in [-0.3, -0.25) is 14.4 Å². The van der Waals surface area contributed by atoms with Crippen molar-refractivity contribution in [3.8, 4) is 0 Å². The van der Waals surface area contributed by atoms with E-state index in [1.165, 1.54) is 103 Å². The third kappa shape index (κ3) is 58.6. The van der Waals surface area contributed by atoms with Crippen molar-refractivity contribution >= 4 is 17.9 Å². The lowest BCUT2D eigenvalue weighted by molar-refractivity contribution is -0.167. The maximum atomic E-state index is 12.9. The normalized spacial score (nSPS) is 13.0. The molecule has 0 aliphatic carbocycles. The highest BCUT2D eigenvalue weighted by Gasteiger charge is 2.19. The van der Waals surface area contributed by atoms with Crippen LogP contribution in [0.5, 0.6) is 0 Å². The summed E-state index contributed by atoms with van der Waals surface area (Å²) in [5.74, 6) is -0.978. The Labute approximate surface area is 450 Å². The fourth-order valence-corrected chi connectivity index (χ4v) is 7.99. The van der Waals surface area contributed by atoms with E-state index >= 15 is 0 Å². The van der Waals surface area contributed by atoms with Gasteiger partial charge in [0.1, 0.15) is 13.2 Å². The highest BCUT2D eigenvalue weighted by molar-refractivity contribution is 5.71. The molecule has 1 atom stereocenters. The van der Waals surface area contributed by atoms with Crippen LogP contribution in [0.1, 0.15) is 265 Å². The molecule has 6 heteroatoms. The number of carbonyl (C=O) groups is 3. The molecule has 0 saturated carbocycles. The van der Waals surface area contributed by atoms with Crippen LogP contribution in [-0.4, -0.2) is 37.2 Å². The molecule has 1 unspecified atom stereocenters. The Balaban J connectivity index is 4.45. The average molecular weight is 1010 g/mol. The smallest absolute Gasteiger partial charge is 0.306 e. The van der Waals surface area contributed by atoms with E-state index in [1.54, 1.807) is 0 Å². The molecule has 414 valence electrons. The van der Waals surface area contributed by atoms with Gasteiger partial charge in [0.15, 0.2) is 6.10 Å². The van der Waals surface area contributed by atoms with E-state index in [2.05, 4.69) is 142 Å². The lowest BCUT2D eigenvalue weighted by atomic mass is 10.1. The predicted octanol–water partition coefficient (Wildman–Crippen LogP) is 20.4. The van der Waals surface area contributed by atoms with Crippen molar-refractivity contribution in [1.29, 1.82) is 0 Å². The minimum atomic E-state index is -0.817. The van der Waals surface area contributed by atoms with Crippen molar-refractivity contribution in [2.75, 3.05) is 13.2 Å². The monoisotopic (exact) mass is 1010 g/mol. The summed E-state index contributed by atoms with van der Waals surface area (Å²) in [6.45, 7) is 6.36. The van der Waals surface area contributed by atoms with E-state index in [9.17, 15) is 14.4 Å². The Morgan fingerprint density at radius 3 is 0.890 bits per heavy atom. The van der Waals surface area contributed by atoms with Crippen LogP contribution in [-0.2, 0) is 28.6 Å². The Hall–Kier alpha value is -4.19. The molecule has 0 aromatic rings. The van der Waals surface area contributed by atoms with Gasteiger partial charge in [0.05, 0.1) is 0 Å². The summed E-state index contributed by atoms with van der Waals surface area (Å²) >= 11 is 0. The fraction of sp³-hybridized carbons (Fsp3) is 0.657. The Kier molecular flexibility index (Phi) is 56.9. The zero-order valence-corrected chi connectivity index (χ0v) is 47.4. The van der Waals surface area contributed by atoms with Gasteiger partial charge < -0.3 is 14.2 Å². The van der Waals surface area contributed by atoms with E-state index in [0.717, 1.165) is 116 Å². The zero-order valence-electron chi connectivity index (χ0n) is 47.4. The lowest BCUT2D eigenvalue weighted by Crippen LogP contribution is -2.30. The second-order valence-corrected chi connectivity index (χ2v) is 19.5. The Morgan fingerprint density at radius 2 is 0.548 bits per heavy atom. The van der Waals surface area contributed by atoms with Crippen LogP contribution in [0, 0.1) is 0 Å². The molecule has 0 fully saturated rings. The first kappa shape index (κ1) is 68.8. The van der Waals surface area contributed by atoms with Gasteiger partial charge in [-0.15, -0.1) is 0 Å². The van der Waals surface area contributed by atoms with Crippen molar-refractivity contribution in [2.45, 2.75) is 271 Å². The minimum absolute atomic E-state index is 0.108. The van der Waals surface area contributed by atoms with E-state index in [1.807, 2.05) is 0 Å². The van der Waals surface area contributed by atoms with Gasteiger partial charge in [-0.25, -0.2) is 0 Å². The van der Waals surface area contributed by atoms with Gasteiger partial charge in [-0.05, 0) is 122 Å². The van der Waals surface area contributed by atoms with Gasteiger partial charge in [0.25, 0.3) is 0 Å². The number of hydrogen-bond donors (Lipinski definition) is 0. The first-order chi connectivity index (χ1) is 36.0. The van der Waals surface area contributed by atoms with Crippen molar-refractivity contribution in [1.82, 2.24) is 0 Å². The summed E-state index contributed by atoms with van der Waals surface area (Å²) in [6, 6.07) is 0. The van der Waals surface area contributed by atoms with Crippen LogP contribution in [0.4, 0.5) is 0 Å². The first-order valence-electron chi connectivity index (χ1n) is 30.0. The van der Waals surface area contributed by atoms with Gasteiger partial charge in [-0.1, -0.05) is 245 Å². The van der Waals surface area contributed by atoms with Crippen molar-refractivity contribution in [3.05, 3.63) is 122 Å². The summed E-state index contributed by atoms with van der Waals surface area (Å²) in [5, 5.41) is 0. The average Bonchev–Trinajstić information content (AvgIpc) is 3.39. The molecule has 0 bridgehead atoms. The fourth-order valence-electron chi connectivity index (χ4n) is 7.99. The van der Waals surface area contributed by atoms with Gasteiger partial charge in [0, 0.05) is 19.3 Å². The molecule has 6 nitrogen and oxygen atoms in total. The third-order valence-corrected chi connectivity index (χ3v) is 12.4. The number of unbranched alkanes of at least 4 members (excludes halogenated alkanes) is 22. The molecule has 0 N–H and O–H groups in total. The molecule has 0 heterocycles. The molecule has 0 spiro atoms. The number of allylic oxidation sites excluding steroid dienone is 20. The van der Waals surface area contributed by atoms with Gasteiger partial charge in [0.2, 0.25) is 0 Å². The van der Waals surface area contributed by atoms with Crippen LogP contribution in [0.25, 0.3) is 0 Å². The summed E-state index contributed by atoms with van der Waals surface area (Å²) in [6.07, 6.45) is 83.4. The molecule has 0 radical (unpaired) electrons. The van der Waals surface area contributed by atoms with Gasteiger partial charge >= 0.3 is 17.9 Å². The minimum Gasteiger partial charge on any atom is -0.462 e. The van der Waals surface area contributed by atoms with Gasteiger partial charge in [-0.2, -0.15) is 0 Å². The quantitative estimate of drug-likeness (QED) is 0.0261. The predicted molar refractivity (Wildman–Crippen MR) is 316 cm³/mol. The Bertz CT molecular complexity index is 1540. The molecule has 73 heavy (non-hydrogen) atoms. The molecular weight excluding hydrogens is 901 g/mol. The summed E-state index contributed by atoms with van der Waals surface area (Å²) in [5.41, 5.74) is 0. The summed E-state index contributed by atoms with van der Waals surface area (Å²) in [4.78, 5) is 38.2. The number of rotatable bonds is 53. The van der Waals surface area contributed by atoms with Crippen LogP contribution in [0.2, 0.25) is 0 Å². The largest absolute Gasteiger partial charge is 0.462 e. The molecule has 0 saturated heterocycles. The van der Waals surface area contributed by atoms with Crippen molar-refractivity contribution in [2.24, 2.45) is 0 Å². The van der Waals surface area contributed by atoms with Crippen LogP contribution < -0.4 is 0 Å². The second-order valence-electron chi connectivity index (χ2n) is 19.5. The molecular formula is C67H110O6. The molecule has 0 aliphatic rings. The van der Waals surface area contributed by atoms with Crippen molar-refractivity contribution < 1.29 is 28.6 Å². The number of hydrogen-bond acceptors (Lipinski definition) is 6. The molecule has 0 aromatic heterocycles. The second kappa shape index (κ2) is 60.4. The highest BCUT2D eigenvalue weighted by atomic mass is 16.6. The molecule has 0 aromatic carbocycles. The number of ether oxygens (including phenoxy) is 3. The van der Waals surface area contributed by atoms with E-state index in [-0.39, 0.29) is 37.5 Å². The topological polar surface area (TPSA) is 78.9 Å². The third-order valence-electron chi connectivity index (χ3n) is 12.4. The highest BCUT2D eigenvalue weighted by Crippen LogP contribution is 2.15. The molecule has 0 rings (SSSR count). The molecule has 0 aliphatic heterocycles. The first-order valence-corrected chi connectivity index (χ1v) is 30.0. The van der Waals surface area contributed by atoms with E-state index in [0.29, 0.717) is 19.3 Å². The zero-order chi connectivity index (χ0) is 52.9. The summed E-state index contributed by atoms with van der Waals surface area (Å²) < 4.78 is 16.8. The maximum absolute atomic E-state index is 12.9. The maximum Gasteiger partial charge on any atom is 0.306 e. The molecule has 0 amide bonds. The standard InChI is InChI=1S/C67H110O6/c1-4-7-10-13-16-19-22-25-28-30-31-32-33-34-35-37-39-42-45-48-51-54-57-60-66(69)72-63-64(62-71-65(68)59-56-53-50-47-44-41-38-27-24-21-18-15-12-9-6-3)73-67(70)61-58-55-52-49-46-43-40-36-29-26-23-20-17-14-11-8-5-2/h7-8,10-11,16-17,19-20,25-29,31-32,38,40,43,49,52,64H,4-6,9,12-15,18,21-24,30,33-37,39,41-42,44-48,50-51,53-63H2,1-3H3/b10-7-,11-8-,19-16-,20-17-,28-25-,29-26-,32-31-,38-27-,43-40-,52-49-. The Morgan fingerprint density at radius 1 is 0.288 bits per heavy atom. The van der Waals surface area contributed by atoms with Crippen LogP contribution >= 0.6 is 0 Å². The number of esters is 3. The lowest BCUT2D eigenvalue weighted by Gasteiger charge is -2.18. The van der Waals surface area contributed by atoms with E-state index in [4.69, 9.17) is 14.2 Å². The summed E-state index contributed by atoms with van der Waals surface area (Å²) in [7, 11) is 0. The van der Waals surface area contributed by atoms with Crippen LogP contribution in [0.3, 0.4) is 0 Å². The van der Waals surface area contributed by atoms with Crippen molar-refractivity contribution in [3.63, 3.8) is 0 Å². The SMILES string of the molecule is CC/C=C\C/C=C\C/C=C\C/C=C\C/C=C\CCCC(=O)OC(COC(=O)CCCCCCC/C=C\CCCCCCCC)COC(=O)CCCCCCCCCCCC/C=C\C/C=C\C/C=C\C/C=C\CC. The van der Waals surface area contributed by atoms with E-state index < -0.39 is 6.10 Å².